The highest BCUT2D eigenvalue weighted by molar-refractivity contribution is 7.99. The standard InChI is InChI=1S/C20H22N6O2S/c1-12-14-6-5-7-15(28-2)18(14)25-19(22-12)26-20-23-13(10-16(27)24-20)11-29-17-8-3-4-9-21-17/h3-9,13,20,23H,10-11H2,1-2H3,(H,24,27)(H,22,25,26). The molecule has 0 bridgehead atoms. The second-order valence-corrected chi connectivity index (χ2v) is 7.72. The molecule has 2 aromatic heterocycles. The molecular formula is C20H22N6O2S. The zero-order valence-corrected chi connectivity index (χ0v) is 17.0. The quantitative estimate of drug-likeness (QED) is 0.532. The summed E-state index contributed by atoms with van der Waals surface area (Å²) in [5, 5.41) is 11.3. The van der Waals surface area contributed by atoms with Gasteiger partial charge in [-0.2, -0.15) is 0 Å². The van der Waals surface area contributed by atoms with Crippen LogP contribution in [0.3, 0.4) is 0 Å². The Morgan fingerprint density at radius 2 is 2.14 bits per heavy atom. The number of carbonyl (C=O) groups excluding carboxylic acids is 1. The number of ether oxygens (including phenoxy) is 1. The summed E-state index contributed by atoms with van der Waals surface area (Å²) >= 11 is 1.62. The van der Waals surface area contributed by atoms with Gasteiger partial charge >= 0.3 is 0 Å². The zero-order chi connectivity index (χ0) is 20.2. The smallest absolute Gasteiger partial charge is 0.226 e. The van der Waals surface area contributed by atoms with Gasteiger partial charge in [-0.05, 0) is 25.1 Å². The molecule has 1 amide bonds. The lowest BCUT2D eigenvalue weighted by atomic mass is 10.2. The number of thioether (sulfide) groups is 1. The Morgan fingerprint density at radius 1 is 1.24 bits per heavy atom. The average molecular weight is 411 g/mol. The lowest BCUT2D eigenvalue weighted by Gasteiger charge is -2.31. The van der Waals surface area contributed by atoms with E-state index in [0.29, 0.717) is 18.1 Å². The number of hydrogen-bond acceptors (Lipinski definition) is 8. The Morgan fingerprint density at radius 3 is 2.93 bits per heavy atom. The third kappa shape index (κ3) is 4.57. The van der Waals surface area contributed by atoms with Crippen LogP contribution in [0.1, 0.15) is 12.1 Å². The summed E-state index contributed by atoms with van der Waals surface area (Å²) in [5.74, 6) is 1.81. The molecule has 1 aliphatic heterocycles. The number of nitrogens with zero attached hydrogens (tertiary/aromatic N) is 3. The van der Waals surface area contributed by atoms with Crippen LogP contribution in [0.4, 0.5) is 5.95 Å². The van der Waals surface area contributed by atoms with Gasteiger partial charge in [-0.15, -0.1) is 11.8 Å². The van der Waals surface area contributed by atoms with Gasteiger partial charge in [-0.1, -0.05) is 18.2 Å². The van der Waals surface area contributed by atoms with Crippen LogP contribution in [0.5, 0.6) is 5.75 Å². The Balaban J connectivity index is 1.47. The van der Waals surface area contributed by atoms with Crippen molar-refractivity contribution in [1.82, 2.24) is 25.6 Å². The molecule has 3 aromatic rings. The maximum Gasteiger partial charge on any atom is 0.226 e. The van der Waals surface area contributed by atoms with E-state index in [2.05, 4.69) is 30.9 Å². The highest BCUT2D eigenvalue weighted by Gasteiger charge is 2.26. The van der Waals surface area contributed by atoms with E-state index in [0.717, 1.165) is 27.4 Å². The molecule has 4 rings (SSSR count). The third-order valence-electron chi connectivity index (χ3n) is 4.58. The number of carbonyl (C=O) groups is 1. The first-order chi connectivity index (χ1) is 14.1. The van der Waals surface area contributed by atoms with Crippen LogP contribution in [0, 0.1) is 6.92 Å². The largest absolute Gasteiger partial charge is 0.494 e. The maximum atomic E-state index is 12.2. The first-order valence-electron chi connectivity index (χ1n) is 9.29. The number of benzene rings is 1. The van der Waals surface area contributed by atoms with Crippen molar-refractivity contribution >= 4 is 34.5 Å². The van der Waals surface area contributed by atoms with Gasteiger partial charge in [0.25, 0.3) is 0 Å². The van der Waals surface area contributed by atoms with Crippen molar-refractivity contribution in [2.24, 2.45) is 0 Å². The molecule has 9 heteroatoms. The minimum Gasteiger partial charge on any atom is -0.494 e. The van der Waals surface area contributed by atoms with Crippen molar-refractivity contribution in [3.05, 3.63) is 48.3 Å². The number of nitrogens with one attached hydrogen (secondary N) is 3. The Kier molecular flexibility index (Phi) is 5.77. The zero-order valence-electron chi connectivity index (χ0n) is 16.2. The van der Waals surface area contributed by atoms with E-state index in [1.807, 2.05) is 43.3 Å². The average Bonchev–Trinajstić information content (AvgIpc) is 2.72. The molecule has 2 atom stereocenters. The third-order valence-corrected chi connectivity index (χ3v) is 5.69. The fourth-order valence-corrected chi connectivity index (χ4v) is 4.12. The van der Waals surface area contributed by atoms with E-state index in [1.165, 1.54) is 0 Å². The molecule has 3 heterocycles. The van der Waals surface area contributed by atoms with E-state index >= 15 is 0 Å². The lowest BCUT2D eigenvalue weighted by molar-refractivity contribution is -0.123. The van der Waals surface area contributed by atoms with E-state index in [-0.39, 0.29) is 11.9 Å². The van der Waals surface area contributed by atoms with Crippen LogP contribution < -0.4 is 20.7 Å². The van der Waals surface area contributed by atoms with Crippen LogP contribution in [0.2, 0.25) is 0 Å². The van der Waals surface area contributed by atoms with Gasteiger partial charge in [0, 0.05) is 29.8 Å². The van der Waals surface area contributed by atoms with Gasteiger partial charge < -0.3 is 15.4 Å². The molecule has 0 radical (unpaired) electrons. The normalized spacial score (nSPS) is 19.0. The number of para-hydroxylation sites is 1. The second-order valence-electron chi connectivity index (χ2n) is 6.68. The fraction of sp³-hybridized carbons (Fsp3) is 0.300. The number of rotatable bonds is 6. The Hall–Kier alpha value is -2.91. The topological polar surface area (TPSA) is 101 Å². The van der Waals surface area contributed by atoms with Gasteiger partial charge in [-0.25, -0.2) is 15.0 Å². The number of hydrogen-bond donors (Lipinski definition) is 3. The van der Waals surface area contributed by atoms with Crippen molar-refractivity contribution in [3.8, 4) is 5.75 Å². The minimum absolute atomic E-state index is 0.00402. The van der Waals surface area contributed by atoms with Gasteiger partial charge in [0.1, 0.15) is 11.3 Å². The molecule has 2 unspecified atom stereocenters. The number of anilines is 1. The Labute approximate surface area is 172 Å². The van der Waals surface area contributed by atoms with Gasteiger partial charge in [-0.3, -0.25) is 10.1 Å². The van der Waals surface area contributed by atoms with Gasteiger partial charge in [0.05, 0.1) is 17.8 Å². The molecule has 150 valence electrons. The van der Waals surface area contributed by atoms with Crippen molar-refractivity contribution in [2.75, 3.05) is 18.2 Å². The van der Waals surface area contributed by atoms with Crippen LogP contribution >= 0.6 is 11.8 Å². The van der Waals surface area contributed by atoms with Crippen molar-refractivity contribution in [1.29, 1.82) is 0 Å². The highest BCUT2D eigenvalue weighted by Crippen LogP contribution is 2.26. The van der Waals surface area contributed by atoms with E-state index in [1.54, 1.807) is 25.1 Å². The monoisotopic (exact) mass is 410 g/mol. The number of aryl methyl sites for hydroxylation is 1. The van der Waals surface area contributed by atoms with Crippen LogP contribution in [-0.4, -0.2) is 46.1 Å². The predicted octanol–water partition coefficient (Wildman–Crippen LogP) is 2.31. The molecule has 0 spiro atoms. The van der Waals surface area contributed by atoms with Crippen molar-refractivity contribution in [3.63, 3.8) is 0 Å². The summed E-state index contributed by atoms with van der Waals surface area (Å²) < 4.78 is 5.42. The fourth-order valence-electron chi connectivity index (χ4n) is 3.22. The molecule has 8 nitrogen and oxygen atoms in total. The number of pyridine rings is 1. The van der Waals surface area contributed by atoms with Crippen molar-refractivity contribution < 1.29 is 9.53 Å². The van der Waals surface area contributed by atoms with Crippen molar-refractivity contribution in [2.45, 2.75) is 30.7 Å². The SMILES string of the molecule is COc1cccc2c(C)nc(NC3NC(=O)CC(CSc4ccccn4)N3)nc12. The second kappa shape index (κ2) is 8.62. The summed E-state index contributed by atoms with van der Waals surface area (Å²) in [7, 11) is 1.62. The molecule has 0 saturated carbocycles. The van der Waals surface area contributed by atoms with E-state index < -0.39 is 6.29 Å². The number of aromatic nitrogens is 3. The summed E-state index contributed by atoms with van der Waals surface area (Å²) in [6.07, 6.45) is 1.71. The number of fused-ring (bicyclic) bond motifs is 1. The van der Waals surface area contributed by atoms with Gasteiger partial charge in [0.2, 0.25) is 11.9 Å². The molecule has 1 aliphatic rings. The lowest BCUT2D eigenvalue weighted by Crippen LogP contribution is -2.60. The highest BCUT2D eigenvalue weighted by atomic mass is 32.2. The molecular weight excluding hydrogens is 388 g/mol. The molecule has 3 N–H and O–H groups in total. The maximum absolute atomic E-state index is 12.2. The van der Waals surface area contributed by atoms with Crippen LogP contribution in [-0.2, 0) is 4.79 Å². The van der Waals surface area contributed by atoms with E-state index in [9.17, 15) is 4.79 Å². The molecule has 29 heavy (non-hydrogen) atoms. The first kappa shape index (κ1) is 19.4. The summed E-state index contributed by atoms with van der Waals surface area (Å²) in [4.78, 5) is 25.6. The predicted molar refractivity (Wildman–Crippen MR) is 113 cm³/mol. The Bertz CT molecular complexity index is 1020. The van der Waals surface area contributed by atoms with Gasteiger partial charge in [0.15, 0.2) is 6.29 Å². The molecule has 1 saturated heterocycles. The molecule has 0 aliphatic carbocycles. The molecule has 1 fully saturated rings. The summed E-state index contributed by atoms with van der Waals surface area (Å²) in [5.41, 5.74) is 1.56. The summed E-state index contributed by atoms with van der Waals surface area (Å²) in [6, 6.07) is 11.5. The number of amides is 1. The molecule has 1 aromatic carbocycles. The summed E-state index contributed by atoms with van der Waals surface area (Å²) in [6.45, 7) is 1.92. The van der Waals surface area contributed by atoms with Crippen LogP contribution in [0.25, 0.3) is 10.9 Å². The van der Waals surface area contributed by atoms with E-state index in [4.69, 9.17) is 4.74 Å². The van der Waals surface area contributed by atoms with Crippen LogP contribution in [0.15, 0.2) is 47.6 Å². The number of methoxy groups -OCH3 is 1. The minimum atomic E-state index is -0.461. The first-order valence-corrected chi connectivity index (χ1v) is 10.3.